The highest BCUT2D eigenvalue weighted by atomic mass is 16.6. The van der Waals surface area contributed by atoms with Crippen LogP contribution < -0.4 is 4.90 Å². The van der Waals surface area contributed by atoms with Crippen LogP contribution in [0.15, 0.2) is 30.5 Å². The minimum atomic E-state index is -0.452. The van der Waals surface area contributed by atoms with Crippen LogP contribution in [0.1, 0.15) is 0 Å². The second kappa shape index (κ2) is 6.96. The first-order valence-electron chi connectivity index (χ1n) is 6.56. The minimum Gasteiger partial charge on any atom is -0.395 e. The summed E-state index contributed by atoms with van der Waals surface area (Å²) in [5.41, 5.74) is 1.08. The summed E-state index contributed by atoms with van der Waals surface area (Å²) in [4.78, 5) is 16.7. The van der Waals surface area contributed by atoms with E-state index < -0.39 is 4.92 Å². The van der Waals surface area contributed by atoms with E-state index in [0.29, 0.717) is 29.7 Å². The summed E-state index contributed by atoms with van der Waals surface area (Å²) in [6.07, 6.45) is 1.26. The number of ether oxygens (including phenoxy) is 1. The number of nitrogens with zero attached hydrogens (tertiary/aromatic N) is 3. The summed E-state index contributed by atoms with van der Waals surface area (Å²) in [7, 11) is 1.57. The molecule has 0 saturated carbocycles. The van der Waals surface area contributed by atoms with Crippen LogP contribution in [-0.2, 0) is 4.74 Å². The second-order valence-electron chi connectivity index (χ2n) is 4.47. The molecule has 0 unspecified atom stereocenters. The highest BCUT2D eigenvalue weighted by Gasteiger charge is 2.22. The molecule has 0 atom stereocenters. The van der Waals surface area contributed by atoms with Gasteiger partial charge in [0.05, 0.1) is 23.7 Å². The fourth-order valence-electron chi connectivity index (χ4n) is 2.24. The van der Waals surface area contributed by atoms with Crippen molar-refractivity contribution in [3.8, 4) is 0 Å². The predicted octanol–water partition coefficient (Wildman–Crippen LogP) is 1.59. The molecule has 21 heavy (non-hydrogen) atoms. The van der Waals surface area contributed by atoms with Gasteiger partial charge in [0, 0.05) is 25.6 Å². The molecule has 1 aromatic carbocycles. The van der Waals surface area contributed by atoms with Crippen molar-refractivity contribution in [2.24, 2.45) is 0 Å². The van der Waals surface area contributed by atoms with Gasteiger partial charge in [-0.2, -0.15) is 0 Å². The largest absolute Gasteiger partial charge is 0.395 e. The lowest BCUT2D eigenvalue weighted by Gasteiger charge is -2.24. The van der Waals surface area contributed by atoms with Crippen molar-refractivity contribution in [1.29, 1.82) is 0 Å². The topological polar surface area (TPSA) is 88.7 Å². The van der Waals surface area contributed by atoms with E-state index in [1.807, 2.05) is 12.1 Å². The Morgan fingerprint density at radius 3 is 2.81 bits per heavy atom. The van der Waals surface area contributed by atoms with Crippen molar-refractivity contribution in [3.63, 3.8) is 0 Å². The number of nitro groups is 1. The highest BCUT2D eigenvalue weighted by Crippen LogP contribution is 2.34. The molecule has 7 nitrogen and oxygen atoms in total. The number of anilines is 1. The maximum Gasteiger partial charge on any atom is 0.311 e. The van der Waals surface area contributed by atoms with E-state index in [1.165, 1.54) is 6.20 Å². The Hall–Kier alpha value is -2.25. The molecule has 0 saturated heterocycles. The van der Waals surface area contributed by atoms with Crippen LogP contribution in [0.4, 0.5) is 11.4 Å². The number of hydrogen-bond acceptors (Lipinski definition) is 6. The summed E-state index contributed by atoms with van der Waals surface area (Å²) < 4.78 is 5.04. The van der Waals surface area contributed by atoms with Gasteiger partial charge < -0.3 is 14.7 Å². The summed E-state index contributed by atoms with van der Waals surface area (Å²) in [5.74, 6) is 0. The lowest BCUT2D eigenvalue weighted by molar-refractivity contribution is -0.384. The summed E-state index contributed by atoms with van der Waals surface area (Å²) >= 11 is 0. The van der Waals surface area contributed by atoms with E-state index in [9.17, 15) is 15.2 Å². The number of rotatable bonds is 7. The first-order valence-corrected chi connectivity index (χ1v) is 6.56. The van der Waals surface area contributed by atoms with Gasteiger partial charge in [0.2, 0.25) is 0 Å². The zero-order chi connectivity index (χ0) is 15.2. The van der Waals surface area contributed by atoms with E-state index in [-0.39, 0.29) is 18.8 Å². The van der Waals surface area contributed by atoms with Gasteiger partial charge in [-0.1, -0.05) is 18.2 Å². The molecule has 2 aromatic rings. The Balaban J connectivity index is 2.60. The fourth-order valence-corrected chi connectivity index (χ4v) is 2.24. The number of hydrogen-bond donors (Lipinski definition) is 1. The van der Waals surface area contributed by atoms with Crippen LogP contribution in [0, 0.1) is 10.1 Å². The molecule has 112 valence electrons. The van der Waals surface area contributed by atoms with Gasteiger partial charge in [-0.15, -0.1) is 0 Å². The van der Waals surface area contributed by atoms with Crippen molar-refractivity contribution >= 4 is 22.3 Å². The first-order chi connectivity index (χ1) is 10.2. The standard InChI is InChI=1S/C14H17N3O4/c1-21-9-7-16(6-8-18)14-11-4-2-3-5-12(11)15-10-13(14)17(19)20/h2-5,10,18H,6-9H2,1H3. The van der Waals surface area contributed by atoms with Gasteiger partial charge in [0.15, 0.2) is 0 Å². The van der Waals surface area contributed by atoms with E-state index >= 15 is 0 Å². The van der Waals surface area contributed by atoms with Crippen molar-refractivity contribution in [1.82, 2.24) is 4.98 Å². The molecule has 0 aliphatic carbocycles. The molecule has 0 bridgehead atoms. The molecular weight excluding hydrogens is 274 g/mol. The quantitative estimate of drug-likeness (QED) is 0.615. The lowest BCUT2D eigenvalue weighted by atomic mass is 10.1. The van der Waals surface area contributed by atoms with Crippen LogP contribution in [0.2, 0.25) is 0 Å². The normalized spacial score (nSPS) is 10.8. The van der Waals surface area contributed by atoms with Gasteiger partial charge in [-0.05, 0) is 6.07 Å². The molecule has 0 radical (unpaired) electrons. The SMILES string of the molecule is COCCN(CCO)c1c([N+](=O)[O-])cnc2ccccc12. The fraction of sp³-hybridized carbons (Fsp3) is 0.357. The number of para-hydroxylation sites is 1. The number of benzene rings is 1. The third kappa shape index (κ3) is 3.26. The Morgan fingerprint density at radius 1 is 1.38 bits per heavy atom. The zero-order valence-corrected chi connectivity index (χ0v) is 11.7. The molecule has 2 rings (SSSR count). The van der Waals surface area contributed by atoms with E-state index in [4.69, 9.17) is 4.74 Å². The van der Waals surface area contributed by atoms with Crippen LogP contribution in [-0.4, -0.2) is 48.4 Å². The summed E-state index contributed by atoms with van der Waals surface area (Å²) in [6, 6.07) is 7.24. The maximum absolute atomic E-state index is 11.3. The van der Waals surface area contributed by atoms with Crippen LogP contribution >= 0.6 is 0 Å². The Labute approximate surface area is 121 Å². The van der Waals surface area contributed by atoms with Crippen LogP contribution in [0.3, 0.4) is 0 Å². The molecule has 1 aromatic heterocycles. The molecule has 1 N–H and O–H groups in total. The van der Waals surface area contributed by atoms with Crippen LogP contribution in [0.5, 0.6) is 0 Å². The number of methoxy groups -OCH3 is 1. The van der Waals surface area contributed by atoms with Crippen molar-refractivity contribution in [2.75, 3.05) is 38.3 Å². The monoisotopic (exact) mass is 291 g/mol. The molecule has 0 aliphatic rings. The third-order valence-corrected chi connectivity index (χ3v) is 3.18. The van der Waals surface area contributed by atoms with Gasteiger partial charge >= 0.3 is 5.69 Å². The molecule has 7 heteroatoms. The van der Waals surface area contributed by atoms with Crippen molar-refractivity contribution < 1.29 is 14.8 Å². The highest BCUT2D eigenvalue weighted by molar-refractivity contribution is 5.96. The van der Waals surface area contributed by atoms with Crippen LogP contribution in [0.25, 0.3) is 10.9 Å². The lowest BCUT2D eigenvalue weighted by Crippen LogP contribution is -2.31. The predicted molar refractivity (Wildman–Crippen MR) is 79.6 cm³/mol. The molecular formula is C14H17N3O4. The molecule has 0 aliphatic heterocycles. The average Bonchev–Trinajstić information content (AvgIpc) is 2.50. The van der Waals surface area contributed by atoms with Crippen molar-refractivity contribution in [2.45, 2.75) is 0 Å². The Bertz CT molecular complexity index is 633. The molecule has 0 amide bonds. The number of aromatic nitrogens is 1. The average molecular weight is 291 g/mol. The maximum atomic E-state index is 11.3. The summed E-state index contributed by atoms with van der Waals surface area (Å²) in [5, 5.41) is 21.2. The van der Waals surface area contributed by atoms with E-state index in [2.05, 4.69) is 4.98 Å². The van der Waals surface area contributed by atoms with Gasteiger partial charge in [-0.25, -0.2) is 4.98 Å². The number of aliphatic hydroxyl groups excluding tert-OH is 1. The summed E-state index contributed by atoms with van der Waals surface area (Å²) in [6.45, 7) is 1.05. The van der Waals surface area contributed by atoms with Gasteiger partial charge in [0.1, 0.15) is 11.9 Å². The first kappa shape index (κ1) is 15.1. The number of fused-ring (bicyclic) bond motifs is 1. The smallest absolute Gasteiger partial charge is 0.311 e. The Morgan fingerprint density at radius 2 is 2.14 bits per heavy atom. The van der Waals surface area contributed by atoms with Gasteiger partial charge in [0.25, 0.3) is 0 Å². The second-order valence-corrected chi connectivity index (χ2v) is 4.47. The van der Waals surface area contributed by atoms with E-state index in [1.54, 1.807) is 24.1 Å². The van der Waals surface area contributed by atoms with Gasteiger partial charge in [-0.3, -0.25) is 10.1 Å². The third-order valence-electron chi connectivity index (χ3n) is 3.18. The number of pyridine rings is 1. The zero-order valence-electron chi connectivity index (χ0n) is 11.7. The van der Waals surface area contributed by atoms with E-state index in [0.717, 1.165) is 0 Å². The van der Waals surface area contributed by atoms with Crippen molar-refractivity contribution in [3.05, 3.63) is 40.6 Å². The minimum absolute atomic E-state index is 0.0711. The molecule has 1 heterocycles. The molecule has 0 fully saturated rings. The Kier molecular flexibility index (Phi) is 5.02. The number of aliphatic hydroxyl groups is 1. The molecule has 0 spiro atoms.